The smallest absolute Gasteiger partial charge is 0.255 e. The van der Waals surface area contributed by atoms with Crippen molar-refractivity contribution in [1.29, 1.82) is 0 Å². The summed E-state index contributed by atoms with van der Waals surface area (Å²) in [5.74, 6) is -0.0126. The number of aromatic nitrogens is 1. The van der Waals surface area contributed by atoms with Crippen LogP contribution in [0, 0.1) is 6.92 Å². The Morgan fingerprint density at radius 3 is 2.68 bits per heavy atom. The Morgan fingerprint density at radius 2 is 2.00 bits per heavy atom. The molecule has 0 N–H and O–H groups in total. The predicted octanol–water partition coefficient (Wildman–Crippen LogP) is 3.42. The van der Waals surface area contributed by atoms with E-state index in [1.807, 2.05) is 31.2 Å². The highest BCUT2D eigenvalue weighted by atomic mass is 79.9. The zero-order valence-electron chi connectivity index (χ0n) is 10.9. The van der Waals surface area contributed by atoms with Gasteiger partial charge in [0.15, 0.2) is 0 Å². The maximum atomic E-state index is 12.4. The first kappa shape index (κ1) is 13.7. The molecule has 0 spiro atoms. The molecule has 0 saturated carbocycles. The normalized spacial score (nSPS) is 10.3. The molecule has 0 saturated heterocycles. The van der Waals surface area contributed by atoms with Crippen molar-refractivity contribution in [2.45, 2.75) is 13.5 Å². The molecular formula is C15H15BrN2O. The van der Waals surface area contributed by atoms with Gasteiger partial charge < -0.3 is 4.90 Å². The number of halogens is 1. The lowest BCUT2D eigenvalue weighted by Gasteiger charge is -2.18. The second kappa shape index (κ2) is 5.97. The number of amides is 1. The Hall–Kier alpha value is -1.68. The van der Waals surface area contributed by atoms with Crippen LogP contribution in [0.25, 0.3) is 0 Å². The zero-order valence-corrected chi connectivity index (χ0v) is 12.5. The lowest BCUT2D eigenvalue weighted by atomic mass is 10.1. The van der Waals surface area contributed by atoms with Gasteiger partial charge in [0.2, 0.25) is 0 Å². The fraction of sp³-hybridized carbons (Fsp3) is 0.200. The van der Waals surface area contributed by atoms with Crippen LogP contribution >= 0.6 is 15.9 Å². The molecule has 1 heterocycles. The summed E-state index contributed by atoms with van der Waals surface area (Å²) in [4.78, 5) is 18.2. The van der Waals surface area contributed by atoms with E-state index in [1.54, 1.807) is 30.3 Å². The van der Waals surface area contributed by atoms with Crippen molar-refractivity contribution in [2.24, 2.45) is 0 Å². The summed E-state index contributed by atoms with van der Waals surface area (Å²) >= 11 is 3.49. The van der Waals surface area contributed by atoms with Crippen LogP contribution in [0.15, 0.2) is 47.1 Å². The van der Waals surface area contributed by atoms with Crippen LogP contribution in [0.2, 0.25) is 0 Å². The van der Waals surface area contributed by atoms with E-state index in [9.17, 15) is 4.79 Å². The predicted molar refractivity (Wildman–Crippen MR) is 78.9 cm³/mol. The molecule has 2 rings (SSSR count). The Labute approximate surface area is 121 Å². The van der Waals surface area contributed by atoms with Crippen molar-refractivity contribution >= 4 is 21.8 Å². The van der Waals surface area contributed by atoms with Crippen molar-refractivity contribution in [1.82, 2.24) is 9.88 Å². The van der Waals surface area contributed by atoms with Gasteiger partial charge in [-0.15, -0.1) is 0 Å². The fourth-order valence-electron chi connectivity index (χ4n) is 1.87. The third kappa shape index (κ3) is 3.20. The van der Waals surface area contributed by atoms with E-state index in [2.05, 4.69) is 20.9 Å². The van der Waals surface area contributed by atoms with E-state index < -0.39 is 0 Å². The monoisotopic (exact) mass is 318 g/mol. The average molecular weight is 319 g/mol. The average Bonchev–Trinajstić information content (AvgIpc) is 2.41. The van der Waals surface area contributed by atoms with Gasteiger partial charge in [-0.05, 0) is 30.7 Å². The Morgan fingerprint density at radius 1 is 1.26 bits per heavy atom. The van der Waals surface area contributed by atoms with Crippen LogP contribution in [0.3, 0.4) is 0 Å². The molecule has 0 unspecified atom stereocenters. The minimum Gasteiger partial charge on any atom is -0.337 e. The van der Waals surface area contributed by atoms with Gasteiger partial charge in [0.25, 0.3) is 5.91 Å². The molecule has 0 radical (unpaired) electrons. The lowest BCUT2D eigenvalue weighted by Crippen LogP contribution is -2.27. The molecule has 0 aliphatic rings. The van der Waals surface area contributed by atoms with Crippen molar-refractivity contribution in [3.05, 3.63) is 63.9 Å². The first-order valence-corrected chi connectivity index (χ1v) is 6.79. The molecule has 19 heavy (non-hydrogen) atoms. The van der Waals surface area contributed by atoms with Gasteiger partial charge in [-0.3, -0.25) is 9.78 Å². The largest absolute Gasteiger partial charge is 0.337 e. The number of carbonyl (C=O) groups is 1. The maximum absolute atomic E-state index is 12.4. The minimum atomic E-state index is -0.0126. The summed E-state index contributed by atoms with van der Waals surface area (Å²) < 4.78 is 1.01. The topological polar surface area (TPSA) is 33.2 Å². The van der Waals surface area contributed by atoms with Crippen molar-refractivity contribution in [3.63, 3.8) is 0 Å². The number of pyridine rings is 1. The highest BCUT2D eigenvalue weighted by molar-refractivity contribution is 9.10. The second-order valence-electron chi connectivity index (χ2n) is 4.39. The molecule has 1 aromatic carbocycles. The van der Waals surface area contributed by atoms with Crippen molar-refractivity contribution in [3.8, 4) is 0 Å². The van der Waals surface area contributed by atoms with Crippen LogP contribution in [-0.2, 0) is 6.54 Å². The van der Waals surface area contributed by atoms with Crippen molar-refractivity contribution < 1.29 is 4.79 Å². The van der Waals surface area contributed by atoms with Crippen LogP contribution in [0.1, 0.15) is 21.6 Å². The van der Waals surface area contributed by atoms with Crippen LogP contribution in [-0.4, -0.2) is 22.8 Å². The number of hydrogen-bond donors (Lipinski definition) is 0. The summed E-state index contributed by atoms with van der Waals surface area (Å²) in [6.45, 7) is 2.41. The quantitative estimate of drug-likeness (QED) is 0.868. The number of rotatable bonds is 3. The Balaban J connectivity index is 2.17. The summed E-state index contributed by atoms with van der Waals surface area (Å²) in [5.41, 5.74) is 2.49. The minimum absolute atomic E-state index is 0.0126. The summed E-state index contributed by atoms with van der Waals surface area (Å²) in [6.07, 6.45) is 1.69. The lowest BCUT2D eigenvalue weighted by molar-refractivity contribution is 0.0783. The number of hydrogen-bond acceptors (Lipinski definition) is 2. The fourth-order valence-corrected chi connectivity index (χ4v) is 2.28. The van der Waals surface area contributed by atoms with Gasteiger partial charge in [-0.2, -0.15) is 0 Å². The maximum Gasteiger partial charge on any atom is 0.255 e. The van der Waals surface area contributed by atoms with Gasteiger partial charge in [-0.25, -0.2) is 0 Å². The number of aryl methyl sites for hydroxylation is 1. The third-order valence-corrected chi connectivity index (χ3v) is 3.72. The standard InChI is InChI=1S/C15H15BrN2O/c1-11-13(7-5-9-17-11)15(19)18(2)10-12-6-3-4-8-14(12)16/h3-9H,10H2,1-2H3. The number of carbonyl (C=O) groups excluding carboxylic acids is 1. The molecule has 1 aromatic heterocycles. The summed E-state index contributed by atoms with van der Waals surface area (Å²) in [6, 6.07) is 11.5. The molecule has 4 heteroatoms. The highest BCUT2D eigenvalue weighted by Gasteiger charge is 2.15. The molecule has 98 valence electrons. The summed E-state index contributed by atoms with van der Waals surface area (Å²) in [7, 11) is 1.80. The van der Waals surface area contributed by atoms with Crippen LogP contribution in [0.5, 0.6) is 0 Å². The Kier molecular flexibility index (Phi) is 4.32. The second-order valence-corrected chi connectivity index (χ2v) is 5.24. The highest BCUT2D eigenvalue weighted by Crippen LogP contribution is 2.18. The van der Waals surface area contributed by atoms with Crippen LogP contribution < -0.4 is 0 Å². The first-order valence-electron chi connectivity index (χ1n) is 6.00. The SMILES string of the molecule is Cc1ncccc1C(=O)N(C)Cc1ccccc1Br. The number of nitrogens with zero attached hydrogens (tertiary/aromatic N) is 2. The molecule has 0 atom stereocenters. The third-order valence-electron chi connectivity index (χ3n) is 2.95. The molecule has 2 aromatic rings. The van der Waals surface area contributed by atoms with Crippen LogP contribution in [0.4, 0.5) is 0 Å². The van der Waals surface area contributed by atoms with E-state index in [0.29, 0.717) is 12.1 Å². The van der Waals surface area contributed by atoms with E-state index >= 15 is 0 Å². The molecule has 0 aliphatic heterocycles. The number of benzene rings is 1. The summed E-state index contributed by atoms with van der Waals surface area (Å²) in [5, 5.41) is 0. The molecule has 0 fully saturated rings. The molecule has 0 aliphatic carbocycles. The molecular weight excluding hydrogens is 304 g/mol. The van der Waals surface area contributed by atoms with Gasteiger partial charge in [-0.1, -0.05) is 34.1 Å². The van der Waals surface area contributed by atoms with Gasteiger partial charge in [0, 0.05) is 30.0 Å². The molecule has 1 amide bonds. The van der Waals surface area contributed by atoms with Crippen molar-refractivity contribution in [2.75, 3.05) is 7.05 Å². The van der Waals surface area contributed by atoms with E-state index in [1.165, 1.54) is 0 Å². The van der Waals surface area contributed by atoms with E-state index in [4.69, 9.17) is 0 Å². The Bertz CT molecular complexity index is 598. The molecule has 0 bridgehead atoms. The zero-order chi connectivity index (χ0) is 13.8. The van der Waals surface area contributed by atoms with Gasteiger partial charge >= 0.3 is 0 Å². The van der Waals surface area contributed by atoms with E-state index in [-0.39, 0.29) is 5.91 Å². The van der Waals surface area contributed by atoms with E-state index in [0.717, 1.165) is 15.7 Å². The van der Waals surface area contributed by atoms with Gasteiger partial charge in [0.05, 0.1) is 5.56 Å². The molecule has 3 nitrogen and oxygen atoms in total. The first-order chi connectivity index (χ1) is 9.09. The van der Waals surface area contributed by atoms with Gasteiger partial charge in [0.1, 0.15) is 0 Å².